The number of rotatable bonds is 2. The van der Waals surface area contributed by atoms with Gasteiger partial charge in [-0.15, -0.1) is 0 Å². The molecule has 0 atom stereocenters. The van der Waals surface area contributed by atoms with Crippen LogP contribution in [0.3, 0.4) is 0 Å². The van der Waals surface area contributed by atoms with E-state index in [0.29, 0.717) is 0 Å². The molecular formula is C10H12O3S+2. The van der Waals surface area contributed by atoms with Crippen molar-refractivity contribution >= 4 is 10.1 Å². The second kappa shape index (κ2) is 3.94. The molecule has 0 saturated heterocycles. The topological polar surface area (TPSA) is 54.4 Å². The van der Waals surface area contributed by atoms with Gasteiger partial charge in [-0.3, -0.25) is 4.55 Å². The van der Waals surface area contributed by atoms with Gasteiger partial charge in [0.05, 0.1) is 18.6 Å². The molecule has 0 aromatic rings. The smallest absolute Gasteiger partial charge is 0.275 e. The first-order chi connectivity index (χ1) is 6.45. The van der Waals surface area contributed by atoms with E-state index >= 15 is 0 Å². The summed E-state index contributed by atoms with van der Waals surface area (Å²) in [6.45, 7) is 3.84. The van der Waals surface area contributed by atoms with Gasteiger partial charge in [-0.2, -0.15) is 8.42 Å². The van der Waals surface area contributed by atoms with Crippen LogP contribution in [0.25, 0.3) is 0 Å². The maximum absolute atomic E-state index is 10.7. The normalized spacial score (nSPS) is 19.8. The monoisotopic (exact) mass is 212 g/mol. The fourth-order valence-electron chi connectivity index (χ4n) is 1.06. The van der Waals surface area contributed by atoms with Gasteiger partial charge in [-0.05, 0) is 0 Å². The highest BCUT2D eigenvalue weighted by atomic mass is 32.2. The van der Waals surface area contributed by atoms with Crippen molar-refractivity contribution in [2.24, 2.45) is 0 Å². The maximum Gasteiger partial charge on any atom is 0.330 e. The van der Waals surface area contributed by atoms with Gasteiger partial charge >= 0.3 is 10.1 Å². The Labute approximate surface area is 84.6 Å². The van der Waals surface area contributed by atoms with Crippen LogP contribution in [0.5, 0.6) is 0 Å². The number of hydrogen-bond acceptors (Lipinski definition) is 2. The summed E-state index contributed by atoms with van der Waals surface area (Å²) in [6, 6.07) is 0. The van der Waals surface area contributed by atoms with Crippen LogP contribution < -0.4 is 0 Å². The molecule has 0 spiro atoms. The molecule has 0 aromatic heterocycles. The van der Waals surface area contributed by atoms with Gasteiger partial charge in [0.15, 0.2) is 10.5 Å². The standard InChI is InChI=1S/C10H11O3S/c1-3-8(2)9-4-6-10(7-5-9)14(11,12)13/h3-7H,1-2H3/q+1/p+1. The van der Waals surface area contributed by atoms with E-state index in [9.17, 15) is 8.42 Å². The summed E-state index contributed by atoms with van der Waals surface area (Å²) in [4.78, 5) is -0.0786. The predicted molar refractivity (Wildman–Crippen MR) is 55.7 cm³/mol. The zero-order chi connectivity index (χ0) is 10.8. The fourth-order valence-corrected chi connectivity index (χ4v) is 1.54. The van der Waals surface area contributed by atoms with Crippen molar-refractivity contribution in [3.63, 3.8) is 0 Å². The molecular weight excluding hydrogens is 200 g/mol. The molecule has 3 nitrogen and oxygen atoms in total. The molecule has 0 amide bonds. The highest BCUT2D eigenvalue weighted by Crippen LogP contribution is 2.21. The lowest BCUT2D eigenvalue weighted by atomic mass is 10.0. The van der Waals surface area contributed by atoms with Crippen LogP contribution in [0.1, 0.15) is 13.8 Å². The van der Waals surface area contributed by atoms with Gasteiger partial charge < -0.3 is 0 Å². The predicted octanol–water partition coefficient (Wildman–Crippen LogP) is 2.07. The Balaban J connectivity index is 2.93. The molecule has 1 aliphatic carbocycles. The lowest BCUT2D eigenvalue weighted by Crippen LogP contribution is -2.03. The molecule has 0 aromatic carbocycles. The van der Waals surface area contributed by atoms with E-state index in [1.165, 1.54) is 12.2 Å². The van der Waals surface area contributed by atoms with Crippen molar-refractivity contribution in [1.29, 1.82) is 0 Å². The van der Waals surface area contributed by atoms with Crippen LogP contribution in [0.2, 0.25) is 0 Å². The Morgan fingerprint density at radius 2 is 2.14 bits per heavy atom. The van der Waals surface area contributed by atoms with Gasteiger partial charge in [0.1, 0.15) is 12.5 Å². The third-order valence-corrected chi connectivity index (χ3v) is 2.91. The summed E-state index contributed by atoms with van der Waals surface area (Å²) in [5, 5.41) is 0. The van der Waals surface area contributed by atoms with Gasteiger partial charge in [-0.1, -0.05) is 0 Å². The average Bonchev–Trinajstić information content (AvgIpc) is 2.15. The summed E-state index contributed by atoms with van der Waals surface area (Å²) in [5.41, 5.74) is 2.01. The van der Waals surface area contributed by atoms with E-state index in [1.807, 2.05) is 20.3 Å². The van der Waals surface area contributed by atoms with Gasteiger partial charge in [0.2, 0.25) is 5.57 Å². The lowest BCUT2D eigenvalue weighted by molar-refractivity contribution is 0.492. The highest BCUT2D eigenvalue weighted by molar-refractivity contribution is 7.90. The van der Waals surface area contributed by atoms with Crippen molar-refractivity contribution in [1.82, 2.24) is 0 Å². The minimum absolute atomic E-state index is 0.0786. The van der Waals surface area contributed by atoms with E-state index in [2.05, 4.69) is 0 Å². The number of hydrogen-bond donors (Lipinski definition) is 1. The minimum atomic E-state index is -4.07. The zero-order valence-corrected chi connectivity index (χ0v) is 8.88. The highest BCUT2D eigenvalue weighted by Gasteiger charge is 2.25. The first kappa shape index (κ1) is 10.9. The third kappa shape index (κ3) is 2.43. The van der Waals surface area contributed by atoms with Gasteiger partial charge in [-0.25, -0.2) is 0 Å². The molecule has 74 valence electrons. The third-order valence-electron chi connectivity index (χ3n) is 2.04. The summed E-state index contributed by atoms with van der Waals surface area (Å²) < 4.78 is 30.2. The van der Waals surface area contributed by atoms with Gasteiger partial charge in [0, 0.05) is 13.8 Å². The Morgan fingerprint density at radius 1 is 1.50 bits per heavy atom. The van der Waals surface area contributed by atoms with E-state index in [4.69, 9.17) is 4.55 Å². The second-order valence-electron chi connectivity index (χ2n) is 2.97. The van der Waals surface area contributed by atoms with Crippen LogP contribution in [0.15, 0.2) is 34.3 Å². The average molecular weight is 212 g/mol. The van der Waals surface area contributed by atoms with E-state index in [-0.39, 0.29) is 4.91 Å². The molecule has 0 aliphatic heterocycles. The molecule has 0 unspecified atom stereocenters. The summed E-state index contributed by atoms with van der Waals surface area (Å²) in [5.74, 6) is 0. The molecule has 0 fully saturated rings. The van der Waals surface area contributed by atoms with Crippen molar-refractivity contribution in [3.05, 3.63) is 47.1 Å². The second-order valence-corrected chi connectivity index (χ2v) is 4.39. The van der Waals surface area contributed by atoms with E-state index < -0.39 is 10.1 Å². The van der Waals surface area contributed by atoms with Crippen LogP contribution >= 0.6 is 0 Å². The maximum atomic E-state index is 10.7. The Hall–Kier alpha value is -1.13. The SMILES string of the molecule is C[CH+]/C(C)=C1/C=CC(S(=O)(=O)O)=C[CH+]1. The van der Waals surface area contributed by atoms with E-state index in [0.717, 1.165) is 11.1 Å². The molecule has 1 aliphatic rings. The largest absolute Gasteiger partial charge is 0.330 e. The lowest BCUT2D eigenvalue weighted by Gasteiger charge is -1.95. The van der Waals surface area contributed by atoms with Crippen molar-refractivity contribution in [3.8, 4) is 0 Å². The molecule has 14 heavy (non-hydrogen) atoms. The molecule has 4 heteroatoms. The van der Waals surface area contributed by atoms with Crippen molar-refractivity contribution in [2.75, 3.05) is 0 Å². The fraction of sp³-hybridized carbons (Fsp3) is 0.200. The van der Waals surface area contributed by atoms with Crippen LogP contribution in [-0.4, -0.2) is 13.0 Å². The molecule has 0 heterocycles. The zero-order valence-electron chi connectivity index (χ0n) is 8.06. The molecule has 0 bridgehead atoms. The Bertz CT molecular complexity index is 411. The summed E-state index contributed by atoms with van der Waals surface area (Å²) >= 11 is 0. The van der Waals surface area contributed by atoms with Crippen molar-refractivity contribution < 1.29 is 13.0 Å². The molecule has 1 N–H and O–H groups in total. The van der Waals surface area contributed by atoms with Crippen LogP contribution in [0.4, 0.5) is 0 Å². The first-order valence-electron chi connectivity index (χ1n) is 4.16. The number of allylic oxidation sites excluding steroid dienone is 5. The first-order valence-corrected chi connectivity index (χ1v) is 5.60. The summed E-state index contributed by atoms with van der Waals surface area (Å²) in [7, 11) is -4.07. The van der Waals surface area contributed by atoms with Gasteiger partial charge in [0.25, 0.3) is 0 Å². The molecule has 0 radical (unpaired) electrons. The molecule has 1 rings (SSSR count). The minimum Gasteiger partial charge on any atom is -0.275 e. The van der Waals surface area contributed by atoms with Crippen molar-refractivity contribution in [2.45, 2.75) is 13.8 Å². The molecule has 0 saturated carbocycles. The Kier molecular flexibility index (Phi) is 3.08. The summed E-state index contributed by atoms with van der Waals surface area (Å²) in [6.07, 6.45) is 8.04. The van der Waals surface area contributed by atoms with Crippen LogP contribution in [-0.2, 0) is 10.1 Å². The van der Waals surface area contributed by atoms with E-state index in [1.54, 1.807) is 12.5 Å². The van der Waals surface area contributed by atoms with Crippen LogP contribution in [0, 0.1) is 12.8 Å². The quantitative estimate of drug-likeness (QED) is 0.563. The Morgan fingerprint density at radius 3 is 2.50 bits per heavy atom.